The summed E-state index contributed by atoms with van der Waals surface area (Å²) in [5.74, 6) is 0. The van der Waals surface area contributed by atoms with Gasteiger partial charge < -0.3 is 4.90 Å². The van der Waals surface area contributed by atoms with Crippen LogP contribution >= 0.6 is 0 Å². The van der Waals surface area contributed by atoms with Crippen molar-refractivity contribution in [3.8, 4) is 12.1 Å². The molecule has 1 saturated heterocycles. The van der Waals surface area contributed by atoms with Gasteiger partial charge >= 0.3 is 0 Å². The summed E-state index contributed by atoms with van der Waals surface area (Å²) < 4.78 is 27.4. The van der Waals surface area contributed by atoms with E-state index in [1.807, 2.05) is 11.9 Å². The Labute approximate surface area is 123 Å². The first-order chi connectivity index (χ1) is 9.92. The van der Waals surface area contributed by atoms with Gasteiger partial charge in [-0.05, 0) is 32.0 Å². The van der Waals surface area contributed by atoms with Crippen LogP contribution in [0.2, 0.25) is 0 Å². The van der Waals surface area contributed by atoms with E-state index in [2.05, 4.69) is 15.8 Å². The molecule has 7 nitrogen and oxygen atoms in total. The van der Waals surface area contributed by atoms with E-state index in [-0.39, 0.29) is 10.6 Å². The van der Waals surface area contributed by atoms with Crippen molar-refractivity contribution in [1.29, 1.82) is 10.5 Å². The summed E-state index contributed by atoms with van der Waals surface area (Å²) in [6.45, 7) is 1.27. The van der Waals surface area contributed by atoms with Crippen LogP contribution in [0.3, 0.4) is 0 Å². The number of nitrogens with zero attached hydrogens (tertiary/aromatic N) is 4. The summed E-state index contributed by atoms with van der Waals surface area (Å²) in [6.07, 6.45) is 2.16. The van der Waals surface area contributed by atoms with Gasteiger partial charge in [0.25, 0.3) is 0 Å². The molecular weight excluding hydrogens is 290 g/mol. The summed E-state index contributed by atoms with van der Waals surface area (Å²) in [6, 6.07) is 6.60. The minimum Gasteiger partial charge on any atom is -0.306 e. The van der Waals surface area contributed by atoms with Gasteiger partial charge in [0.1, 0.15) is 16.5 Å². The molecule has 0 atom stereocenters. The van der Waals surface area contributed by atoms with Crippen LogP contribution in [0.1, 0.15) is 18.5 Å². The number of rotatable bonds is 3. The highest BCUT2D eigenvalue weighted by Gasteiger charge is 2.38. The van der Waals surface area contributed by atoms with E-state index >= 15 is 0 Å². The zero-order chi connectivity index (χ0) is 15.5. The molecule has 8 heteroatoms. The van der Waals surface area contributed by atoms with Crippen molar-refractivity contribution in [2.24, 2.45) is 0 Å². The Bertz CT molecular complexity index is 709. The van der Waals surface area contributed by atoms with Gasteiger partial charge in [0.15, 0.2) is 5.69 Å². The maximum Gasteiger partial charge on any atom is 0.244 e. The molecule has 0 bridgehead atoms. The van der Waals surface area contributed by atoms with Crippen LogP contribution in [-0.2, 0) is 10.0 Å². The number of aromatic nitrogens is 1. The van der Waals surface area contributed by atoms with E-state index in [1.54, 1.807) is 6.07 Å². The van der Waals surface area contributed by atoms with Crippen LogP contribution < -0.4 is 4.72 Å². The summed E-state index contributed by atoms with van der Waals surface area (Å²) in [5, 5.41) is 18.4. The molecule has 0 saturated carbocycles. The van der Waals surface area contributed by atoms with Crippen LogP contribution in [0.25, 0.3) is 0 Å². The third-order valence-corrected chi connectivity index (χ3v) is 5.12. The molecule has 2 heterocycles. The lowest BCUT2D eigenvalue weighted by Crippen LogP contribution is -2.53. The van der Waals surface area contributed by atoms with Gasteiger partial charge in [0.05, 0.1) is 6.07 Å². The van der Waals surface area contributed by atoms with Crippen molar-refractivity contribution in [3.05, 3.63) is 24.0 Å². The first-order valence-corrected chi connectivity index (χ1v) is 7.90. The van der Waals surface area contributed by atoms with Crippen LogP contribution in [-0.4, -0.2) is 44.0 Å². The molecule has 110 valence electrons. The van der Waals surface area contributed by atoms with E-state index in [0.29, 0.717) is 25.9 Å². The van der Waals surface area contributed by atoms with E-state index in [0.717, 1.165) is 0 Å². The smallest absolute Gasteiger partial charge is 0.244 e. The first-order valence-electron chi connectivity index (χ1n) is 6.41. The van der Waals surface area contributed by atoms with E-state index in [4.69, 9.17) is 5.26 Å². The Hall–Kier alpha value is -2.00. The maximum atomic E-state index is 12.5. The predicted octanol–water partition coefficient (Wildman–Crippen LogP) is 0.220. The average Bonchev–Trinajstić information content (AvgIpc) is 2.49. The number of hydrogen-bond donors (Lipinski definition) is 1. The Morgan fingerprint density at radius 3 is 2.62 bits per heavy atom. The van der Waals surface area contributed by atoms with Gasteiger partial charge in [-0.1, -0.05) is 0 Å². The van der Waals surface area contributed by atoms with Crippen molar-refractivity contribution >= 4 is 10.0 Å². The molecule has 1 aromatic heterocycles. The lowest BCUT2D eigenvalue weighted by Gasteiger charge is -2.35. The second-order valence-electron chi connectivity index (χ2n) is 5.06. The second kappa shape index (κ2) is 5.78. The fourth-order valence-corrected chi connectivity index (χ4v) is 3.73. The molecule has 0 unspecified atom stereocenters. The van der Waals surface area contributed by atoms with Crippen LogP contribution in [0.15, 0.2) is 23.2 Å². The standard InChI is InChI=1S/C13H15N5O2S/c1-18-7-4-13(10-15,5-8-18)17-21(19,20)12-3-2-6-16-11(12)9-14/h2-3,6,17H,4-5,7-8H2,1H3. The lowest BCUT2D eigenvalue weighted by atomic mass is 9.91. The van der Waals surface area contributed by atoms with E-state index in [1.165, 1.54) is 18.3 Å². The minimum absolute atomic E-state index is 0.175. The first kappa shape index (κ1) is 15.4. The average molecular weight is 305 g/mol. The monoisotopic (exact) mass is 305 g/mol. The van der Waals surface area contributed by atoms with Crippen LogP contribution in [0.5, 0.6) is 0 Å². The van der Waals surface area contributed by atoms with Crippen molar-refractivity contribution in [2.45, 2.75) is 23.3 Å². The molecule has 0 amide bonds. The summed E-state index contributed by atoms with van der Waals surface area (Å²) in [4.78, 5) is 5.59. The Morgan fingerprint density at radius 2 is 2.05 bits per heavy atom. The third kappa shape index (κ3) is 3.19. The number of sulfonamides is 1. The zero-order valence-electron chi connectivity index (χ0n) is 11.6. The molecule has 0 spiro atoms. The largest absolute Gasteiger partial charge is 0.306 e. The van der Waals surface area contributed by atoms with Gasteiger partial charge in [-0.3, -0.25) is 0 Å². The highest BCUT2D eigenvalue weighted by Crippen LogP contribution is 2.24. The van der Waals surface area contributed by atoms with Gasteiger partial charge in [-0.25, -0.2) is 13.4 Å². The molecule has 1 fully saturated rings. The molecule has 0 radical (unpaired) electrons. The maximum absolute atomic E-state index is 12.5. The normalized spacial score (nSPS) is 18.6. The van der Waals surface area contributed by atoms with Gasteiger partial charge in [-0.2, -0.15) is 15.2 Å². The van der Waals surface area contributed by atoms with Crippen molar-refractivity contribution in [3.63, 3.8) is 0 Å². The fraction of sp³-hybridized carbons (Fsp3) is 0.462. The number of likely N-dealkylation sites (tertiary alicyclic amines) is 1. The molecule has 1 aromatic rings. The Balaban J connectivity index is 2.33. The highest BCUT2D eigenvalue weighted by molar-refractivity contribution is 7.89. The number of nitriles is 2. The van der Waals surface area contributed by atoms with Crippen molar-refractivity contribution < 1.29 is 8.42 Å². The van der Waals surface area contributed by atoms with Gasteiger partial charge in [0.2, 0.25) is 10.0 Å². The van der Waals surface area contributed by atoms with Crippen LogP contribution in [0, 0.1) is 22.7 Å². The molecule has 1 N–H and O–H groups in total. The topological polar surface area (TPSA) is 110 Å². The number of pyridine rings is 1. The van der Waals surface area contributed by atoms with Gasteiger partial charge in [0, 0.05) is 19.3 Å². The zero-order valence-corrected chi connectivity index (χ0v) is 12.4. The van der Waals surface area contributed by atoms with Crippen molar-refractivity contribution in [1.82, 2.24) is 14.6 Å². The molecule has 1 aliphatic heterocycles. The lowest BCUT2D eigenvalue weighted by molar-refractivity contribution is 0.213. The molecule has 0 aromatic carbocycles. The quantitative estimate of drug-likeness (QED) is 0.855. The van der Waals surface area contributed by atoms with E-state index in [9.17, 15) is 13.7 Å². The van der Waals surface area contributed by atoms with Crippen LogP contribution in [0.4, 0.5) is 0 Å². The second-order valence-corrected chi connectivity index (χ2v) is 6.72. The molecule has 2 rings (SSSR count). The van der Waals surface area contributed by atoms with Crippen molar-refractivity contribution in [2.75, 3.05) is 20.1 Å². The Morgan fingerprint density at radius 1 is 1.38 bits per heavy atom. The summed E-state index contributed by atoms with van der Waals surface area (Å²) in [7, 11) is -2.05. The molecule has 0 aliphatic carbocycles. The molecular formula is C13H15N5O2S. The number of piperidine rings is 1. The summed E-state index contributed by atoms with van der Waals surface area (Å²) >= 11 is 0. The third-order valence-electron chi connectivity index (χ3n) is 3.55. The molecule has 21 heavy (non-hydrogen) atoms. The van der Waals surface area contributed by atoms with E-state index < -0.39 is 15.6 Å². The van der Waals surface area contributed by atoms with Gasteiger partial charge in [-0.15, -0.1) is 0 Å². The Kier molecular flexibility index (Phi) is 4.24. The SMILES string of the molecule is CN1CCC(C#N)(NS(=O)(=O)c2cccnc2C#N)CC1. The fourth-order valence-electron chi connectivity index (χ4n) is 2.24. The number of hydrogen-bond acceptors (Lipinski definition) is 6. The highest BCUT2D eigenvalue weighted by atomic mass is 32.2. The minimum atomic E-state index is -3.97. The number of nitrogens with one attached hydrogen (secondary N) is 1. The summed E-state index contributed by atoms with van der Waals surface area (Å²) in [5.41, 5.74) is -1.31. The molecule has 1 aliphatic rings. The predicted molar refractivity (Wildman–Crippen MR) is 74.3 cm³/mol.